The van der Waals surface area contributed by atoms with E-state index in [4.69, 9.17) is 16.3 Å². The highest BCUT2D eigenvalue weighted by Gasteiger charge is 2.28. The van der Waals surface area contributed by atoms with E-state index in [0.29, 0.717) is 28.0 Å². The molecule has 0 spiro atoms. The van der Waals surface area contributed by atoms with Crippen LogP contribution in [0, 0.1) is 13.8 Å². The Kier molecular flexibility index (Phi) is 5.10. The molecule has 0 unspecified atom stereocenters. The van der Waals surface area contributed by atoms with Crippen molar-refractivity contribution in [2.75, 3.05) is 11.9 Å². The van der Waals surface area contributed by atoms with Gasteiger partial charge >= 0.3 is 5.97 Å². The van der Waals surface area contributed by atoms with Crippen molar-refractivity contribution in [1.29, 1.82) is 0 Å². The van der Waals surface area contributed by atoms with Crippen molar-refractivity contribution in [2.45, 2.75) is 32.7 Å². The van der Waals surface area contributed by atoms with Gasteiger partial charge in [-0.2, -0.15) is 5.10 Å². The van der Waals surface area contributed by atoms with Crippen LogP contribution in [0.2, 0.25) is 5.02 Å². The third-order valence-electron chi connectivity index (χ3n) is 4.85. The lowest BCUT2D eigenvalue weighted by atomic mass is 10.2. The molecule has 3 aromatic rings. The Morgan fingerprint density at radius 3 is 2.76 bits per heavy atom. The number of aromatic nitrogens is 4. The zero-order valence-corrected chi connectivity index (χ0v) is 16.8. The fourth-order valence-corrected chi connectivity index (χ4v) is 3.59. The molecular formula is C20H20ClN5O3. The molecule has 2 heterocycles. The van der Waals surface area contributed by atoms with Gasteiger partial charge in [0.15, 0.2) is 6.61 Å². The minimum Gasteiger partial charge on any atom is -0.452 e. The average Bonchev–Trinajstić information content (AvgIpc) is 3.26. The Labute approximate surface area is 172 Å². The zero-order chi connectivity index (χ0) is 20.5. The maximum absolute atomic E-state index is 12.5. The van der Waals surface area contributed by atoms with Crippen molar-refractivity contribution in [3.05, 3.63) is 58.9 Å². The van der Waals surface area contributed by atoms with Gasteiger partial charge in [0, 0.05) is 22.5 Å². The van der Waals surface area contributed by atoms with E-state index in [1.165, 1.54) is 17.3 Å². The summed E-state index contributed by atoms with van der Waals surface area (Å²) in [5, 5.41) is 7.22. The molecule has 0 radical (unpaired) electrons. The molecule has 2 aromatic heterocycles. The van der Waals surface area contributed by atoms with Gasteiger partial charge in [0.05, 0.1) is 16.9 Å². The molecule has 8 nitrogen and oxygen atoms in total. The summed E-state index contributed by atoms with van der Waals surface area (Å²) in [6.45, 7) is 3.47. The van der Waals surface area contributed by atoms with E-state index >= 15 is 0 Å². The minimum absolute atomic E-state index is 0.407. The third-order valence-corrected chi connectivity index (χ3v) is 5.08. The summed E-state index contributed by atoms with van der Waals surface area (Å²) >= 11 is 6.05. The van der Waals surface area contributed by atoms with Crippen LogP contribution in [0.3, 0.4) is 0 Å². The first-order chi connectivity index (χ1) is 13.9. The average molecular weight is 414 g/mol. The van der Waals surface area contributed by atoms with Gasteiger partial charge in [0.2, 0.25) is 0 Å². The topological polar surface area (TPSA) is 91.0 Å². The second-order valence-corrected chi connectivity index (χ2v) is 7.45. The number of carbonyl (C=O) groups excluding carboxylic acids is 2. The van der Waals surface area contributed by atoms with Gasteiger partial charge in [-0.3, -0.25) is 4.79 Å². The summed E-state index contributed by atoms with van der Waals surface area (Å²) < 4.78 is 8.90. The molecule has 1 aliphatic rings. The predicted molar refractivity (Wildman–Crippen MR) is 107 cm³/mol. The van der Waals surface area contributed by atoms with E-state index in [1.807, 2.05) is 19.9 Å². The SMILES string of the molecule is Cc1cc(C(=O)OCC(=O)Nc2cc(Cl)ccc2-n2cncn2)c(C)n1C1CC1. The molecule has 1 aromatic carbocycles. The highest BCUT2D eigenvalue weighted by Crippen LogP contribution is 2.38. The summed E-state index contributed by atoms with van der Waals surface area (Å²) in [6, 6.07) is 7.28. The molecule has 9 heteroatoms. The third kappa shape index (κ3) is 4.02. The summed E-state index contributed by atoms with van der Waals surface area (Å²) in [5.74, 6) is -0.985. The van der Waals surface area contributed by atoms with Crippen LogP contribution in [0.25, 0.3) is 5.69 Å². The van der Waals surface area contributed by atoms with Crippen LogP contribution in [0.5, 0.6) is 0 Å². The van der Waals surface area contributed by atoms with Gasteiger partial charge in [0.25, 0.3) is 5.91 Å². The molecule has 0 bridgehead atoms. The molecule has 150 valence electrons. The molecule has 1 aliphatic carbocycles. The number of benzene rings is 1. The van der Waals surface area contributed by atoms with E-state index in [9.17, 15) is 9.59 Å². The number of rotatable bonds is 6. The van der Waals surface area contributed by atoms with Crippen LogP contribution >= 0.6 is 11.6 Å². The Balaban J connectivity index is 1.43. The number of carbonyl (C=O) groups is 2. The second-order valence-electron chi connectivity index (χ2n) is 7.01. The highest BCUT2D eigenvalue weighted by molar-refractivity contribution is 6.31. The molecular weight excluding hydrogens is 394 g/mol. The second kappa shape index (κ2) is 7.71. The fourth-order valence-electron chi connectivity index (χ4n) is 3.41. The molecule has 0 atom stereocenters. The number of nitrogens with one attached hydrogen (secondary N) is 1. The zero-order valence-electron chi connectivity index (χ0n) is 16.1. The molecule has 1 saturated carbocycles. The maximum Gasteiger partial charge on any atom is 0.340 e. The number of anilines is 1. The smallest absolute Gasteiger partial charge is 0.340 e. The molecule has 4 rings (SSSR count). The first kappa shape index (κ1) is 19.2. The van der Waals surface area contributed by atoms with Crippen molar-refractivity contribution >= 4 is 29.2 Å². The van der Waals surface area contributed by atoms with Crippen molar-refractivity contribution in [3.63, 3.8) is 0 Å². The lowest BCUT2D eigenvalue weighted by Crippen LogP contribution is -2.22. The van der Waals surface area contributed by atoms with Crippen LogP contribution in [-0.4, -0.2) is 37.8 Å². The van der Waals surface area contributed by atoms with Gasteiger partial charge in [-0.15, -0.1) is 0 Å². The van der Waals surface area contributed by atoms with Crippen LogP contribution < -0.4 is 5.32 Å². The monoisotopic (exact) mass is 413 g/mol. The van der Waals surface area contributed by atoms with Gasteiger partial charge in [0.1, 0.15) is 12.7 Å². The molecule has 0 aliphatic heterocycles. The first-order valence-electron chi connectivity index (χ1n) is 9.24. The molecule has 1 amide bonds. The number of esters is 1. The van der Waals surface area contributed by atoms with Crippen molar-refractivity contribution in [2.24, 2.45) is 0 Å². The summed E-state index contributed by atoms with van der Waals surface area (Å²) in [6.07, 6.45) is 5.15. The number of hydrogen-bond acceptors (Lipinski definition) is 5. The number of hydrogen-bond donors (Lipinski definition) is 1. The van der Waals surface area contributed by atoms with Gasteiger partial charge in [-0.25, -0.2) is 14.5 Å². The molecule has 29 heavy (non-hydrogen) atoms. The lowest BCUT2D eigenvalue weighted by Gasteiger charge is -2.12. The summed E-state index contributed by atoms with van der Waals surface area (Å²) in [5.41, 5.74) is 3.43. The van der Waals surface area contributed by atoms with Gasteiger partial charge in [-0.1, -0.05) is 11.6 Å². The van der Waals surface area contributed by atoms with E-state index in [0.717, 1.165) is 24.2 Å². The number of aryl methyl sites for hydroxylation is 1. The van der Waals surface area contributed by atoms with Crippen LogP contribution in [0.4, 0.5) is 5.69 Å². The Morgan fingerprint density at radius 1 is 1.28 bits per heavy atom. The van der Waals surface area contributed by atoms with Crippen molar-refractivity contribution in [3.8, 4) is 5.69 Å². The van der Waals surface area contributed by atoms with Crippen molar-refractivity contribution in [1.82, 2.24) is 19.3 Å². The highest BCUT2D eigenvalue weighted by atomic mass is 35.5. The largest absolute Gasteiger partial charge is 0.452 e. The van der Waals surface area contributed by atoms with Crippen molar-refractivity contribution < 1.29 is 14.3 Å². The quantitative estimate of drug-likeness (QED) is 0.625. The molecule has 1 N–H and O–H groups in total. The molecule has 1 fully saturated rings. The van der Waals surface area contributed by atoms with Gasteiger partial charge in [-0.05, 0) is 51.0 Å². The van der Waals surface area contributed by atoms with Crippen LogP contribution in [0.15, 0.2) is 36.9 Å². The number of amides is 1. The standard InChI is InChI=1S/C20H20ClN5O3/c1-12-7-16(13(2)26(12)15-4-5-15)20(28)29-9-19(27)24-17-8-14(21)3-6-18(17)25-11-22-10-23-25/h3,6-8,10-11,15H,4-5,9H2,1-2H3,(H,24,27). The Bertz CT molecular complexity index is 1070. The number of ether oxygens (including phenoxy) is 1. The maximum atomic E-state index is 12.5. The predicted octanol–water partition coefficient (Wildman–Crippen LogP) is 3.47. The summed E-state index contributed by atoms with van der Waals surface area (Å²) in [7, 11) is 0. The molecule has 0 saturated heterocycles. The number of halogens is 1. The fraction of sp³-hybridized carbons (Fsp3) is 0.300. The number of nitrogens with zero attached hydrogens (tertiary/aromatic N) is 4. The lowest BCUT2D eigenvalue weighted by molar-refractivity contribution is -0.119. The van der Waals surface area contributed by atoms with E-state index in [-0.39, 0.29) is 0 Å². The Morgan fingerprint density at radius 2 is 2.07 bits per heavy atom. The van der Waals surface area contributed by atoms with E-state index < -0.39 is 18.5 Å². The van der Waals surface area contributed by atoms with Crippen LogP contribution in [0.1, 0.15) is 40.6 Å². The summed E-state index contributed by atoms with van der Waals surface area (Å²) in [4.78, 5) is 28.8. The van der Waals surface area contributed by atoms with Gasteiger partial charge < -0.3 is 14.6 Å². The Hall–Kier alpha value is -3.13. The minimum atomic E-state index is -0.511. The first-order valence-corrected chi connectivity index (χ1v) is 9.62. The normalized spacial score (nSPS) is 13.3. The van der Waals surface area contributed by atoms with Crippen LogP contribution in [-0.2, 0) is 9.53 Å². The van der Waals surface area contributed by atoms with E-state index in [2.05, 4.69) is 20.0 Å². The van der Waals surface area contributed by atoms with E-state index in [1.54, 1.807) is 18.2 Å².